The lowest BCUT2D eigenvalue weighted by atomic mass is 10.2. The van der Waals surface area contributed by atoms with Crippen molar-refractivity contribution in [1.29, 1.82) is 0 Å². The van der Waals surface area contributed by atoms with Gasteiger partial charge in [-0.2, -0.15) is 0 Å². The van der Waals surface area contributed by atoms with Crippen LogP contribution in [0.25, 0.3) is 0 Å². The van der Waals surface area contributed by atoms with Crippen molar-refractivity contribution < 1.29 is 9.18 Å². The van der Waals surface area contributed by atoms with Crippen LogP contribution in [0, 0.1) is 11.7 Å². The van der Waals surface area contributed by atoms with Gasteiger partial charge in [0.05, 0.1) is 10.0 Å². The van der Waals surface area contributed by atoms with Crippen molar-refractivity contribution in [3.05, 3.63) is 34.1 Å². The standard InChI is InChI=1S/C11H12Br2FNO/c1-7(5-12)6-15-11(16)8-3-2-4-9(14)10(8)13/h2-4,7H,5-6H2,1H3,(H,15,16). The summed E-state index contributed by atoms with van der Waals surface area (Å²) in [7, 11) is 0. The van der Waals surface area contributed by atoms with E-state index in [1.54, 1.807) is 6.07 Å². The number of hydrogen-bond donors (Lipinski definition) is 1. The number of rotatable bonds is 4. The van der Waals surface area contributed by atoms with Gasteiger partial charge in [-0.1, -0.05) is 28.9 Å². The molecule has 5 heteroatoms. The molecule has 0 radical (unpaired) electrons. The Morgan fingerprint density at radius 3 is 2.88 bits per heavy atom. The van der Waals surface area contributed by atoms with E-state index in [1.165, 1.54) is 12.1 Å². The Morgan fingerprint density at radius 1 is 1.56 bits per heavy atom. The van der Waals surface area contributed by atoms with Gasteiger partial charge < -0.3 is 5.32 Å². The van der Waals surface area contributed by atoms with Gasteiger partial charge in [-0.15, -0.1) is 0 Å². The molecule has 0 aromatic heterocycles. The summed E-state index contributed by atoms with van der Waals surface area (Å²) in [6.07, 6.45) is 0. The third kappa shape index (κ3) is 3.56. The number of alkyl halides is 1. The normalized spacial score (nSPS) is 12.2. The molecule has 0 heterocycles. The highest BCUT2D eigenvalue weighted by Gasteiger charge is 2.13. The summed E-state index contributed by atoms with van der Waals surface area (Å²) in [5, 5.41) is 3.57. The minimum Gasteiger partial charge on any atom is -0.352 e. The summed E-state index contributed by atoms with van der Waals surface area (Å²) >= 11 is 6.39. The maximum atomic E-state index is 13.2. The van der Waals surface area contributed by atoms with Crippen LogP contribution in [-0.2, 0) is 0 Å². The third-order valence-corrected chi connectivity index (χ3v) is 3.98. The van der Waals surface area contributed by atoms with Crippen LogP contribution in [0.15, 0.2) is 22.7 Å². The second-order valence-corrected chi connectivity index (χ2v) is 5.01. The summed E-state index contributed by atoms with van der Waals surface area (Å²) < 4.78 is 13.4. The van der Waals surface area contributed by atoms with E-state index >= 15 is 0 Å². The van der Waals surface area contributed by atoms with Gasteiger partial charge in [0.15, 0.2) is 0 Å². The van der Waals surface area contributed by atoms with E-state index in [9.17, 15) is 9.18 Å². The molecular formula is C11H12Br2FNO. The first-order valence-corrected chi connectivity index (χ1v) is 6.76. The monoisotopic (exact) mass is 351 g/mol. The van der Waals surface area contributed by atoms with Crippen molar-refractivity contribution in [1.82, 2.24) is 5.32 Å². The van der Waals surface area contributed by atoms with Gasteiger partial charge in [0.1, 0.15) is 5.82 Å². The zero-order chi connectivity index (χ0) is 12.1. The molecule has 0 aliphatic heterocycles. The molecule has 1 amide bonds. The molecule has 0 bridgehead atoms. The Balaban J connectivity index is 2.70. The van der Waals surface area contributed by atoms with E-state index in [1.807, 2.05) is 6.92 Å². The van der Waals surface area contributed by atoms with Crippen LogP contribution < -0.4 is 5.32 Å². The fourth-order valence-corrected chi connectivity index (χ4v) is 1.77. The SMILES string of the molecule is CC(CBr)CNC(=O)c1cccc(F)c1Br. The van der Waals surface area contributed by atoms with Crippen molar-refractivity contribution >= 4 is 37.8 Å². The molecule has 1 aromatic carbocycles. The Hall–Kier alpha value is -0.420. The Bertz CT molecular complexity index is 384. The quantitative estimate of drug-likeness (QED) is 0.827. The van der Waals surface area contributed by atoms with Crippen LogP contribution in [-0.4, -0.2) is 17.8 Å². The van der Waals surface area contributed by atoms with Crippen molar-refractivity contribution in [2.45, 2.75) is 6.92 Å². The lowest BCUT2D eigenvalue weighted by Crippen LogP contribution is -2.29. The van der Waals surface area contributed by atoms with Crippen molar-refractivity contribution in [2.75, 3.05) is 11.9 Å². The molecule has 1 rings (SSSR count). The van der Waals surface area contributed by atoms with Crippen LogP contribution >= 0.6 is 31.9 Å². The van der Waals surface area contributed by atoms with E-state index in [0.717, 1.165) is 5.33 Å². The molecule has 1 unspecified atom stereocenters. The third-order valence-electron chi connectivity index (χ3n) is 2.07. The molecule has 0 aliphatic rings. The number of carbonyl (C=O) groups is 1. The van der Waals surface area contributed by atoms with E-state index in [4.69, 9.17) is 0 Å². The van der Waals surface area contributed by atoms with Crippen molar-refractivity contribution in [2.24, 2.45) is 5.92 Å². The predicted molar refractivity (Wildman–Crippen MR) is 69.4 cm³/mol. The Kier molecular flexibility index (Phi) is 5.41. The highest BCUT2D eigenvalue weighted by molar-refractivity contribution is 9.10. The lowest BCUT2D eigenvalue weighted by molar-refractivity contribution is 0.0948. The number of nitrogens with one attached hydrogen (secondary N) is 1. The first-order valence-electron chi connectivity index (χ1n) is 4.84. The van der Waals surface area contributed by atoms with Gasteiger partial charge in [0, 0.05) is 11.9 Å². The van der Waals surface area contributed by atoms with Crippen LogP contribution in [0.3, 0.4) is 0 Å². The molecule has 0 fully saturated rings. The Morgan fingerprint density at radius 2 is 2.25 bits per heavy atom. The van der Waals surface area contributed by atoms with Gasteiger partial charge in [0.2, 0.25) is 0 Å². The molecule has 1 atom stereocenters. The maximum Gasteiger partial charge on any atom is 0.252 e. The van der Waals surface area contributed by atoms with Crippen LogP contribution in [0.2, 0.25) is 0 Å². The van der Waals surface area contributed by atoms with Crippen LogP contribution in [0.5, 0.6) is 0 Å². The lowest BCUT2D eigenvalue weighted by Gasteiger charge is -2.10. The summed E-state index contributed by atoms with van der Waals surface area (Å²) in [5.41, 5.74) is 0.321. The molecule has 0 saturated carbocycles. The van der Waals surface area contributed by atoms with Gasteiger partial charge >= 0.3 is 0 Å². The van der Waals surface area contributed by atoms with Gasteiger partial charge in [-0.25, -0.2) is 4.39 Å². The molecular weight excluding hydrogens is 341 g/mol. The predicted octanol–water partition coefficient (Wildman–Crippen LogP) is 3.35. The minimum atomic E-state index is -0.429. The largest absolute Gasteiger partial charge is 0.352 e. The summed E-state index contributed by atoms with van der Waals surface area (Å²) in [6, 6.07) is 4.41. The molecule has 88 valence electrons. The van der Waals surface area contributed by atoms with E-state index in [-0.39, 0.29) is 10.4 Å². The molecule has 0 aliphatic carbocycles. The zero-order valence-corrected chi connectivity index (χ0v) is 11.9. The number of amides is 1. The topological polar surface area (TPSA) is 29.1 Å². The second kappa shape index (κ2) is 6.35. The van der Waals surface area contributed by atoms with E-state index in [0.29, 0.717) is 18.0 Å². The first-order chi connectivity index (χ1) is 7.56. The molecule has 0 spiro atoms. The van der Waals surface area contributed by atoms with Crippen molar-refractivity contribution in [3.8, 4) is 0 Å². The molecule has 2 nitrogen and oxygen atoms in total. The van der Waals surface area contributed by atoms with Gasteiger partial charge in [-0.3, -0.25) is 4.79 Å². The Labute approximate surface area is 111 Å². The highest BCUT2D eigenvalue weighted by atomic mass is 79.9. The smallest absolute Gasteiger partial charge is 0.252 e. The van der Waals surface area contributed by atoms with Crippen LogP contribution in [0.4, 0.5) is 4.39 Å². The summed E-state index contributed by atoms with van der Waals surface area (Å²) in [6.45, 7) is 2.57. The zero-order valence-electron chi connectivity index (χ0n) is 8.77. The number of benzene rings is 1. The number of halogens is 3. The summed E-state index contributed by atoms with van der Waals surface area (Å²) in [5.74, 6) is -0.350. The molecule has 1 N–H and O–H groups in total. The molecule has 1 aromatic rings. The average molecular weight is 353 g/mol. The van der Waals surface area contributed by atoms with Gasteiger partial charge in [-0.05, 0) is 34.0 Å². The fraction of sp³-hybridized carbons (Fsp3) is 0.364. The minimum absolute atomic E-state index is 0.207. The number of hydrogen-bond acceptors (Lipinski definition) is 1. The average Bonchev–Trinajstić information content (AvgIpc) is 2.29. The van der Waals surface area contributed by atoms with Gasteiger partial charge in [0.25, 0.3) is 5.91 Å². The van der Waals surface area contributed by atoms with Crippen LogP contribution in [0.1, 0.15) is 17.3 Å². The molecule has 16 heavy (non-hydrogen) atoms. The highest BCUT2D eigenvalue weighted by Crippen LogP contribution is 2.20. The summed E-state index contributed by atoms with van der Waals surface area (Å²) in [4.78, 5) is 11.7. The number of carbonyl (C=O) groups excluding carboxylic acids is 1. The van der Waals surface area contributed by atoms with E-state index < -0.39 is 5.82 Å². The second-order valence-electron chi connectivity index (χ2n) is 3.57. The maximum absolute atomic E-state index is 13.2. The molecule has 0 saturated heterocycles. The first kappa shape index (κ1) is 13.6. The van der Waals surface area contributed by atoms with E-state index in [2.05, 4.69) is 37.2 Å². The fourth-order valence-electron chi connectivity index (χ4n) is 1.10. The van der Waals surface area contributed by atoms with Crippen molar-refractivity contribution in [3.63, 3.8) is 0 Å².